The first kappa shape index (κ1) is 9.62. The molecule has 4 nitrogen and oxygen atoms in total. The molecular formula is C10H11IN2O2. The number of fused-ring (bicyclic) bond motifs is 1. The van der Waals surface area contributed by atoms with E-state index < -0.39 is 0 Å². The third-order valence-corrected chi connectivity index (χ3v) is 4.35. The lowest BCUT2D eigenvalue weighted by Crippen LogP contribution is -2.33. The highest BCUT2D eigenvalue weighted by molar-refractivity contribution is 14.1. The van der Waals surface area contributed by atoms with Crippen molar-refractivity contribution in [3.8, 4) is 0 Å². The molecule has 2 saturated carbocycles. The summed E-state index contributed by atoms with van der Waals surface area (Å²) in [5, 5.41) is 0. The van der Waals surface area contributed by atoms with Crippen molar-refractivity contribution >= 4 is 22.6 Å². The lowest BCUT2D eigenvalue weighted by Gasteiger charge is -2.14. The number of aromatic amines is 1. The molecule has 1 N–H and O–H groups in total. The van der Waals surface area contributed by atoms with Crippen LogP contribution in [0.5, 0.6) is 0 Å². The smallest absolute Gasteiger partial charge is 0.296 e. The van der Waals surface area contributed by atoms with Crippen LogP contribution in [-0.2, 0) is 0 Å². The summed E-state index contributed by atoms with van der Waals surface area (Å²) in [5.74, 6) is 1.52. The number of hydrogen-bond acceptors (Lipinski definition) is 2. The van der Waals surface area contributed by atoms with Crippen LogP contribution >= 0.6 is 22.6 Å². The zero-order valence-electron chi connectivity index (χ0n) is 8.07. The van der Waals surface area contributed by atoms with E-state index in [-0.39, 0.29) is 11.2 Å². The van der Waals surface area contributed by atoms with Gasteiger partial charge in [0.05, 0.1) is 3.57 Å². The molecule has 0 radical (unpaired) electrons. The second-order valence-electron chi connectivity index (χ2n) is 4.45. The highest BCUT2D eigenvalue weighted by atomic mass is 127. The number of nitrogens with one attached hydrogen (secondary N) is 1. The Labute approximate surface area is 99.8 Å². The normalized spacial score (nSPS) is 32.7. The van der Waals surface area contributed by atoms with E-state index >= 15 is 0 Å². The summed E-state index contributed by atoms with van der Waals surface area (Å²) in [7, 11) is 0. The third kappa shape index (κ3) is 1.47. The molecule has 3 atom stereocenters. The molecule has 2 aliphatic rings. The summed E-state index contributed by atoms with van der Waals surface area (Å²) in [6.45, 7) is 0. The molecule has 1 aromatic rings. The van der Waals surface area contributed by atoms with Gasteiger partial charge in [-0.05, 0) is 53.7 Å². The lowest BCUT2D eigenvalue weighted by atomic mass is 10.2. The van der Waals surface area contributed by atoms with Crippen molar-refractivity contribution in [3.05, 3.63) is 30.6 Å². The van der Waals surface area contributed by atoms with Crippen LogP contribution in [0.4, 0.5) is 0 Å². The van der Waals surface area contributed by atoms with Crippen molar-refractivity contribution in [2.75, 3.05) is 0 Å². The molecule has 80 valence electrons. The van der Waals surface area contributed by atoms with Gasteiger partial charge in [-0.25, -0.2) is 4.79 Å². The van der Waals surface area contributed by atoms with E-state index in [9.17, 15) is 9.59 Å². The fourth-order valence-corrected chi connectivity index (χ4v) is 3.16. The van der Waals surface area contributed by atoms with E-state index in [1.807, 2.05) is 22.6 Å². The third-order valence-electron chi connectivity index (χ3n) is 3.59. The van der Waals surface area contributed by atoms with Crippen LogP contribution < -0.4 is 11.2 Å². The van der Waals surface area contributed by atoms with Crippen LogP contribution in [0.15, 0.2) is 15.8 Å². The minimum Gasteiger partial charge on any atom is -0.296 e. The quantitative estimate of drug-likeness (QED) is 0.789. The fourth-order valence-electron chi connectivity index (χ4n) is 2.73. The summed E-state index contributed by atoms with van der Waals surface area (Å²) >= 11 is 1.97. The van der Waals surface area contributed by atoms with Crippen LogP contribution in [0, 0.1) is 15.4 Å². The Balaban J connectivity index is 2.08. The molecule has 1 heterocycles. The Morgan fingerprint density at radius 1 is 1.40 bits per heavy atom. The predicted molar refractivity (Wildman–Crippen MR) is 63.9 cm³/mol. The monoisotopic (exact) mass is 318 g/mol. The maximum Gasteiger partial charge on any atom is 0.328 e. The maximum atomic E-state index is 11.6. The average molecular weight is 318 g/mol. The van der Waals surface area contributed by atoms with Gasteiger partial charge < -0.3 is 0 Å². The fraction of sp³-hybridized carbons (Fsp3) is 0.600. The van der Waals surface area contributed by atoms with Crippen molar-refractivity contribution in [2.24, 2.45) is 11.8 Å². The molecule has 3 rings (SSSR count). The highest BCUT2D eigenvalue weighted by Crippen LogP contribution is 2.56. The summed E-state index contributed by atoms with van der Waals surface area (Å²) in [5.41, 5.74) is -0.528. The average Bonchev–Trinajstić information content (AvgIpc) is 2.86. The van der Waals surface area contributed by atoms with Gasteiger partial charge in [-0.1, -0.05) is 0 Å². The number of hydrogen-bond donors (Lipinski definition) is 1. The first-order valence-corrected chi connectivity index (χ1v) is 6.25. The standard InChI is InChI=1S/C10H11IN2O2/c11-7-4-13(10(15)12-9(7)14)8-2-1-5-3-6(5)8/h4-6,8H,1-3H2,(H,12,14,15). The lowest BCUT2D eigenvalue weighted by molar-refractivity contribution is 0.437. The van der Waals surface area contributed by atoms with Crippen LogP contribution in [0.2, 0.25) is 0 Å². The zero-order valence-corrected chi connectivity index (χ0v) is 10.2. The Morgan fingerprint density at radius 2 is 2.20 bits per heavy atom. The maximum absolute atomic E-state index is 11.6. The van der Waals surface area contributed by atoms with Crippen molar-refractivity contribution < 1.29 is 0 Å². The summed E-state index contributed by atoms with van der Waals surface area (Å²) in [6.07, 6.45) is 5.27. The second-order valence-corrected chi connectivity index (χ2v) is 5.61. The number of halogens is 1. The Hall–Kier alpha value is -0.590. The Morgan fingerprint density at radius 3 is 2.80 bits per heavy atom. The molecule has 1 aromatic heterocycles. The molecular weight excluding hydrogens is 307 g/mol. The van der Waals surface area contributed by atoms with E-state index in [1.54, 1.807) is 10.8 Å². The summed E-state index contributed by atoms with van der Waals surface area (Å²) in [6, 6.07) is 0.327. The van der Waals surface area contributed by atoms with E-state index in [4.69, 9.17) is 0 Å². The predicted octanol–water partition coefficient (Wildman–Crippen LogP) is 1.11. The second kappa shape index (κ2) is 3.20. The number of aromatic nitrogens is 2. The first-order valence-electron chi connectivity index (χ1n) is 5.18. The van der Waals surface area contributed by atoms with Gasteiger partial charge in [0.2, 0.25) is 0 Å². The summed E-state index contributed by atoms with van der Waals surface area (Å²) < 4.78 is 2.32. The summed E-state index contributed by atoms with van der Waals surface area (Å²) in [4.78, 5) is 25.2. The van der Waals surface area contributed by atoms with Gasteiger partial charge in [-0.3, -0.25) is 14.3 Å². The largest absolute Gasteiger partial charge is 0.328 e. The van der Waals surface area contributed by atoms with Gasteiger partial charge in [-0.15, -0.1) is 0 Å². The number of rotatable bonds is 1. The molecule has 2 fully saturated rings. The topological polar surface area (TPSA) is 54.9 Å². The number of H-pyrrole nitrogens is 1. The Kier molecular flexibility index (Phi) is 2.05. The van der Waals surface area contributed by atoms with E-state index in [0.29, 0.717) is 15.5 Å². The number of nitrogens with zero attached hydrogens (tertiary/aromatic N) is 1. The van der Waals surface area contributed by atoms with Crippen LogP contribution in [-0.4, -0.2) is 9.55 Å². The minimum atomic E-state index is -0.276. The minimum absolute atomic E-state index is 0.252. The molecule has 0 aliphatic heterocycles. The molecule has 0 spiro atoms. The molecule has 0 amide bonds. The van der Waals surface area contributed by atoms with Crippen molar-refractivity contribution in [1.82, 2.24) is 9.55 Å². The molecule has 5 heteroatoms. The SMILES string of the molecule is O=c1[nH]c(=O)n(C2CCC3CC32)cc1I. The zero-order chi connectivity index (χ0) is 10.6. The molecule has 2 aliphatic carbocycles. The van der Waals surface area contributed by atoms with Gasteiger partial charge in [0.1, 0.15) is 0 Å². The van der Waals surface area contributed by atoms with E-state index in [0.717, 1.165) is 12.3 Å². The van der Waals surface area contributed by atoms with Gasteiger partial charge in [-0.2, -0.15) is 0 Å². The van der Waals surface area contributed by atoms with E-state index in [2.05, 4.69) is 4.98 Å². The van der Waals surface area contributed by atoms with Gasteiger partial charge in [0.25, 0.3) is 5.56 Å². The van der Waals surface area contributed by atoms with E-state index in [1.165, 1.54) is 12.8 Å². The van der Waals surface area contributed by atoms with Crippen LogP contribution in [0.3, 0.4) is 0 Å². The Bertz CT molecular complexity index is 519. The molecule has 0 saturated heterocycles. The van der Waals surface area contributed by atoms with Crippen LogP contribution in [0.25, 0.3) is 0 Å². The van der Waals surface area contributed by atoms with Crippen molar-refractivity contribution in [3.63, 3.8) is 0 Å². The van der Waals surface area contributed by atoms with Crippen molar-refractivity contribution in [1.29, 1.82) is 0 Å². The first-order chi connectivity index (χ1) is 7.16. The molecule has 15 heavy (non-hydrogen) atoms. The molecule has 0 aromatic carbocycles. The van der Waals surface area contributed by atoms with Crippen LogP contribution in [0.1, 0.15) is 25.3 Å². The molecule has 0 bridgehead atoms. The molecule has 3 unspecified atom stereocenters. The van der Waals surface area contributed by atoms with Gasteiger partial charge in [0, 0.05) is 12.2 Å². The van der Waals surface area contributed by atoms with Gasteiger partial charge >= 0.3 is 5.69 Å². The van der Waals surface area contributed by atoms with Gasteiger partial charge in [0.15, 0.2) is 0 Å². The van der Waals surface area contributed by atoms with Crippen molar-refractivity contribution in [2.45, 2.75) is 25.3 Å². The highest BCUT2D eigenvalue weighted by Gasteiger charge is 2.49.